The molecule has 0 saturated carbocycles. The Bertz CT molecular complexity index is 612. The minimum absolute atomic E-state index is 0. The molecule has 1 N–H and O–H groups in total. The summed E-state index contributed by atoms with van der Waals surface area (Å²) in [6, 6.07) is 2.30. The minimum Gasteiger partial charge on any atom is -0.336 e. The van der Waals surface area contributed by atoms with Gasteiger partial charge in [-0.1, -0.05) is 0 Å². The topological polar surface area (TPSA) is 52.7 Å². The monoisotopic (exact) mass is 369 g/mol. The Balaban J connectivity index is 0.00000169. The van der Waals surface area contributed by atoms with Gasteiger partial charge in [0, 0.05) is 37.1 Å². The predicted molar refractivity (Wildman–Crippen MR) is 97.1 cm³/mol. The lowest BCUT2D eigenvalue weighted by Crippen LogP contribution is -2.57. The fraction of sp³-hybridized carbons (Fsp3) is 0.647. The molecule has 7 heteroatoms. The number of carbonyl (C=O) groups is 2. The largest absolute Gasteiger partial charge is 0.336 e. The highest BCUT2D eigenvalue weighted by atomic mass is 35.5. The number of halogens is 1. The first-order valence-corrected chi connectivity index (χ1v) is 9.45. The molecule has 0 radical (unpaired) electrons. The average molecular weight is 370 g/mol. The Labute approximate surface area is 152 Å². The number of amides is 2. The number of likely N-dealkylation sites (tertiary alicyclic amines) is 1. The van der Waals surface area contributed by atoms with Crippen molar-refractivity contribution >= 4 is 35.6 Å². The summed E-state index contributed by atoms with van der Waals surface area (Å²) in [5.41, 5.74) is 1.38. The summed E-state index contributed by atoms with van der Waals surface area (Å²) in [6.07, 6.45) is 5.48. The summed E-state index contributed by atoms with van der Waals surface area (Å²) < 4.78 is 0. The van der Waals surface area contributed by atoms with E-state index < -0.39 is 0 Å². The molecule has 2 saturated heterocycles. The van der Waals surface area contributed by atoms with Gasteiger partial charge in [0.15, 0.2) is 0 Å². The summed E-state index contributed by atoms with van der Waals surface area (Å²) in [6.45, 7) is 3.56. The third-order valence-electron chi connectivity index (χ3n) is 5.21. The summed E-state index contributed by atoms with van der Waals surface area (Å²) in [5, 5.41) is 3.12. The molecule has 4 rings (SSSR count). The molecular formula is C17H24ClN3O2S. The molecule has 1 aromatic heterocycles. The smallest absolute Gasteiger partial charge is 0.264 e. The molecule has 0 bridgehead atoms. The van der Waals surface area contributed by atoms with E-state index in [2.05, 4.69) is 11.4 Å². The van der Waals surface area contributed by atoms with Crippen LogP contribution >= 0.6 is 23.7 Å². The Hall–Kier alpha value is -1.11. The van der Waals surface area contributed by atoms with Gasteiger partial charge in [0.25, 0.3) is 5.91 Å². The molecule has 0 spiro atoms. The number of thiophene rings is 1. The first kappa shape index (κ1) is 17.7. The van der Waals surface area contributed by atoms with Crippen molar-refractivity contribution in [3.63, 3.8) is 0 Å². The van der Waals surface area contributed by atoms with Crippen molar-refractivity contribution in [2.45, 2.75) is 38.1 Å². The lowest BCUT2D eigenvalue weighted by molar-refractivity contribution is -0.135. The van der Waals surface area contributed by atoms with Gasteiger partial charge in [-0.3, -0.25) is 9.59 Å². The minimum atomic E-state index is 0. The van der Waals surface area contributed by atoms with Crippen molar-refractivity contribution in [1.82, 2.24) is 15.1 Å². The molecule has 2 amide bonds. The number of fused-ring (bicyclic) bond motifs is 1. The van der Waals surface area contributed by atoms with E-state index in [-0.39, 0.29) is 30.3 Å². The first-order chi connectivity index (χ1) is 11.2. The molecular weight excluding hydrogens is 346 g/mol. The van der Waals surface area contributed by atoms with Crippen molar-refractivity contribution in [2.24, 2.45) is 0 Å². The van der Waals surface area contributed by atoms with E-state index in [1.807, 2.05) is 9.80 Å². The molecule has 5 nitrogen and oxygen atoms in total. The lowest BCUT2D eigenvalue weighted by Gasteiger charge is -2.41. The van der Waals surface area contributed by atoms with E-state index in [1.165, 1.54) is 16.9 Å². The Morgan fingerprint density at radius 3 is 2.92 bits per heavy atom. The van der Waals surface area contributed by atoms with Crippen LogP contribution in [0.15, 0.2) is 6.07 Å². The second-order valence-electron chi connectivity index (χ2n) is 6.72. The fourth-order valence-electron chi connectivity index (χ4n) is 3.99. The van der Waals surface area contributed by atoms with Crippen LogP contribution in [0.3, 0.4) is 0 Å². The maximum absolute atomic E-state index is 12.8. The SMILES string of the molecule is Cl.O=C(c1cc2c(s1)CCC2)N1CCCC(N2CCNCC2=O)C1. The van der Waals surface area contributed by atoms with Gasteiger partial charge in [-0.15, -0.1) is 23.7 Å². The Morgan fingerprint density at radius 1 is 1.25 bits per heavy atom. The van der Waals surface area contributed by atoms with Gasteiger partial charge in [0.1, 0.15) is 0 Å². The second-order valence-corrected chi connectivity index (χ2v) is 7.86. The number of nitrogens with one attached hydrogen (secondary N) is 1. The summed E-state index contributed by atoms with van der Waals surface area (Å²) >= 11 is 1.68. The van der Waals surface area contributed by atoms with Crippen LogP contribution in [-0.2, 0) is 17.6 Å². The molecule has 24 heavy (non-hydrogen) atoms. The van der Waals surface area contributed by atoms with Crippen molar-refractivity contribution in [3.8, 4) is 0 Å². The highest BCUT2D eigenvalue weighted by Crippen LogP contribution is 2.32. The molecule has 2 aliphatic heterocycles. The average Bonchev–Trinajstić information content (AvgIpc) is 3.16. The van der Waals surface area contributed by atoms with Gasteiger partial charge in [0.2, 0.25) is 5.91 Å². The molecule has 2 fully saturated rings. The number of hydrogen-bond donors (Lipinski definition) is 1. The van der Waals surface area contributed by atoms with Gasteiger partial charge in [0.05, 0.1) is 11.4 Å². The zero-order valence-electron chi connectivity index (χ0n) is 13.8. The van der Waals surface area contributed by atoms with Crippen LogP contribution in [-0.4, -0.2) is 60.4 Å². The van der Waals surface area contributed by atoms with Crippen LogP contribution in [0.2, 0.25) is 0 Å². The molecule has 0 aromatic carbocycles. The molecule has 1 aliphatic carbocycles. The number of piperidine rings is 1. The van der Waals surface area contributed by atoms with Crippen molar-refractivity contribution in [1.29, 1.82) is 0 Å². The number of rotatable bonds is 2. The van der Waals surface area contributed by atoms with E-state index in [0.29, 0.717) is 13.1 Å². The molecule has 132 valence electrons. The van der Waals surface area contributed by atoms with Crippen LogP contribution in [0.4, 0.5) is 0 Å². The number of hydrogen-bond acceptors (Lipinski definition) is 4. The van der Waals surface area contributed by atoms with Crippen molar-refractivity contribution in [3.05, 3.63) is 21.4 Å². The van der Waals surface area contributed by atoms with E-state index in [4.69, 9.17) is 0 Å². The van der Waals surface area contributed by atoms with Crippen LogP contribution < -0.4 is 5.32 Å². The third kappa shape index (κ3) is 3.32. The van der Waals surface area contributed by atoms with Gasteiger partial charge >= 0.3 is 0 Å². The van der Waals surface area contributed by atoms with Gasteiger partial charge in [-0.2, -0.15) is 0 Å². The van der Waals surface area contributed by atoms with Crippen LogP contribution in [0.5, 0.6) is 0 Å². The maximum Gasteiger partial charge on any atom is 0.264 e. The predicted octanol–water partition coefficient (Wildman–Crippen LogP) is 1.69. The van der Waals surface area contributed by atoms with Crippen molar-refractivity contribution < 1.29 is 9.59 Å². The molecule has 3 aliphatic rings. The van der Waals surface area contributed by atoms with Gasteiger partial charge in [-0.25, -0.2) is 0 Å². The van der Waals surface area contributed by atoms with E-state index >= 15 is 0 Å². The number of aryl methyl sites for hydroxylation is 2. The molecule has 1 aromatic rings. The standard InChI is InChI=1S/C17H23N3O2S.ClH/c21-16-10-18-6-8-20(16)13-4-2-7-19(11-13)17(22)15-9-12-3-1-5-14(12)23-15;/h9,13,18H,1-8,10-11H2;1H. The van der Waals surface area contributed by atoms with E-state index in [0.717, 1.165) is 50.2 Å². The molecule has 1 atom stereocenters. The van der Waals surface area contributed by atoms with Gasteiger partial charge in [-0.05, 0) is 43.7 Å². The zero-order valence-corrected chi connectivity index (χ0v) is 15.4. The Kier molecular flexibility index (Phi) is 5.47. The van der Waals surface area contributed by atoms with E-state index in [9.17, 15) is 9.59 Å². The Morgan fingerprint density at radius 2 is 2.12 bits per heavy atom. The summed E-state index contributed by atoms with van der Waals surface area (Å²) in [5.74, 6) is 0.335. The van der Waals surface area contributed by atoms with E-state index in [1.54, 1.807) is 11.3 Å². The molecule has 1 unspecified atom stereocenters. The van der Waals surface area contributed by atoms with Crippen LogP contribution in [0.25, 0.3) is 0 Å². The fourth-order valence-corrected chi connectivity index (χ4v) is 5.21. The highest BCUT2D eigenvalue weighted by Gasteiger charge is 2.32. The second kappa shape index (κ2) is 7.42. The summed E-state index contributed by atoms with van der Waals surface area (Å²) in [7, 11) is 0. The van der Waals surface area contributed by atoms with Gasteiger partial charge < -0.3 is 15.1 Å². The first-order valence-electron chi connectivity index (χ1n) is 8.63. The maximum atomic E-state index is 12.8. The number of nitrogens with zero attached hydrogens (tertiary/aromatic N) is 2. The number of carbonyl (C=O) groups excluding carboxylic acids is 2. The third-order valence-corrected chi connectivity index (χ3v) is 6.43. The van der Waals surface area contributed by atoms with Crippen LogP contribution in [0, 0.1) is 0 Å². The number of piperazine rings is 1. The zero-order chi connectivity index (χ0) is 15.8. The quantitative estimate of drug-likeness (QED) is 0.863. The lowest BCUT2D eigenvalue weighted by atomic mass is 10.0. The summed E-state index contributed by atoms with van der Waals surface area (Å²) in [4.78, 5) is 31.2. The normalized spacial score (nSPS) is 23.8. The van der Waals surface area contributed by atoms with Crippen LogP contribution in [0.1, 0.15) is 39.4 Å². The highest BCUT2D eigenvalue weighted by molar-refractivity contribution is 7.14. The molecule has 3 heterocycles. The van der Waals surface area contributed by atoms with Crippen molar-refractivity contribution in [2.75, 3.05) is 32.7 Å².